The van der Waals surface area contributed by atoms with Crippen LogP contribution < -0.4 is 5.32 Å². The van der Waals surface area contributed by atoms with Crippen LogP contribution in [0.2, 0.25) is 0 Å². The molecular formula is C18H30N4O. The molecule has 128 valence electrons. The van der Waals surface area contributed by atoms with E-state index in [1.165, 1.54) is 38.5 Å². The summed E-state index contributed by atoms with van der Waals surface area (Å²) >= 11 is 0. The van der Waals surface area contributed by atoms with Crippen LogP contribution in [0.5, 0.6) is 0 Å². The molecule has 2 aliphatic rings. The molecule has 5 nitrogen and oxygen atoms in total. The largest absolute Gasteiger partial charge is 0.340 e. The van der Waals surface area contributed by atoms with Crippen molar-refractivity contribution in [3.63, 3.8) is 0 Å². The molecule has 1 unspecified atom stereocenters. The van der Waals surface area contributed by atoms with Crippen LogP contribution in [0.1, 0.15) is 67.9 Å². The normalized spacial score (nSPS) is 22.9. The lowest BCUT2D eigenvalue weighted by Gasteiger charge is -2.24. The molecule has 3 rings (SSSR count). The summed E-state index contributed by atoms with van der Waals surface area (Å²) in [6.07, 6.45) is 12.2. The number of hydrogen-bond donors (Lipinski definition) is 1. The topological polar surface area (TPSA) is 50.2 Å². The Hall–Kier alpha value is -1.36. The van der Waals surface area contributed by atoms with Crippen LogP contribution >= 0.6 is 0 Å². The lowest BCUT2D eigenvalue weighted by molar-refractivity contribution is 0.0776. The number of rotatable bonds is 5. The van der Waals surface area contributed by atoms with Crippen molar-refractivity contribution >= 4 is 5.91 Å². The third-order valence-electron chi connectivity index (χ3n) is 5.42. The van der Waals surface area contributed by atoms with Gasteiger partial charge in [0.1, 0.15) is 5.69 Å². The first-order valence-corrected chi connectivity index (χ1v) is 9.25. The molecule has 23 heavy (non-hydrogen) atoms. The van der Waals surface area contributed by atoms with E-state index in [1.54, 1.807) is 0 Å². The van der Waals surface area contributed by atoms with Crippen molar-refractivity contribution in [1.82, 2.24) is 20.0 Å². The fourth-order valence-electron chi connectivity index (χ4n) is 3.86. The molecule has 2 heterocycles. The second-order valence-corrected chi connectivity index (χ2v) is 7.20. The molecule has 1 saturated carbocycles. The fourth-order valence-corrected chi connectivity index (χ4v) is 3.86. The molecule has 1 aromatic heterocycles. The average molecular weight is 318 g/mol. The molecular weight excluding hydrogens is 288 g/mol. The number of carbonyl (C=O) groups is 1. The summed E-state index contributed by atoms with van der Waals surface area (Å²) in [5, 5.41) is 7.93. The van der Waals surface area contributed by atoms with Crippen molar-refractivity contribution in [3.8, 4) is 0 Å². The highest BCUT2D eigenvalue weighted by atomic mass is 16.2. The van der Waals surface area contributed by atoms with Crippen molar-refractivity contribution in [2.75, 3.05) is 26.7 Å². The van der Waals surface area contributed by atoms with Gasteiger partial charge >= 0.3 is 0 Å². The molecule has 0 bridgehead atoms. The van der Waals surface area contributed by atoms with Crippen LogP contribution in [-0.2, 0) is 0 Å². The SMILES string of the molecule is CN(CCC1CCCCC1)C(=O)c1ccn(C2CCCNC2)n1. The van der Waals surface area contributed by atoms with Gasteiger partial charge in [-0.25, -0.2) is 0 Å². The molecule has 5 heteroatoms. The summed E-state index contributed by atoms with van der Waals surface area (Å²) < 4.78 is 1.97. The van der Waals surface area contributed by atoms with E-state index < -0.39 is 0 Å². The van der Waals surface area contributed by atoms with Gasteiger partial charge in [-0.3, -0.25) is 9.48 Å². The van der Waals surface area contributed by atoms with E-state index in [9.17, 15) is 4.79 Å². The van der Waals surface area contributed by atoms with E-state index in [1.807, 2.05) is 28.9 Å². The number of hydrogen-bond acceptors (Lipinski definition) is 3. The fraction of sp³-hybridized carbons (Fsp3) is 0.778. The van der Waals surface area contributed by atoms with E-state index in [2.05, 4.69) is 10.4 Å². The summed E-state index contributed by atoms with van der Waals surface area (Å²) in [7, 11) is 1.91. The molecule has 2 fully saturated rings. The predicted octanol–water partition coefficient (Wildman–Crippen LogP) is 2.85. The van der Waals surface area contributed by atoms with E-state index in [-0.39, 0.29) is 5.91 Å². The van der Waals surface area contributed by atoms with Crippen molar-refractivity contribution in [2.45, 2.75) is 57.4 Å². The van der Waals surface area contributed by atoms with Crippen LogP contribution in [0.15, 0.2) is 12.3 Å². The van der Waals surface area contributed by atoms with Gasteiger partial charge in [0.15, 0.2) is 0 Å². The van der Waals surface area contributed by atoms with E-state index in [4.69, 9.17) is 0 Å². The third-order valence-corrected chi connectivity index (χ3v) is 5.42. The number of aromatic nitrogens is 2. The lowest BCUT2D eigenvalue weighted by atomic mass is 9.87. The van der Waals surface area contributed by atoms with Gasteiger partial charge in [-0.15, -0.1) is 0 Å². The second-order valence-electron chi connectivity index (χ2n) is 7.20. The highest BCUT2D eigenvalue weighted by Crippen LogP contribution is 2.26. The van der Waals surface area contributed by atoms with Crippen LogP contribution in [0.25, 0.3) is 0 Å². The van der Waals surface area contributed by atoms with Gasteiger partial charge in [0.25, 0.3) is 5.91 Å². The zero-order chi connectivity index (χ0) is 16.1. The Morgan fingerprint density at radius 3 is 2.87 bits per heavy atom. The molecule has 1 atom stereocenters. The molecule has 1 amide bonds. The van der Waals surface area contributed by atoms with Gasteiger partial charge in [-0.05, 0) is 37.8 Å². The molecule has 1 aliphatic heterocycles. The van der Waals surface area contributed by atoms with E-state index in [0.717, 1.165) is 38.4 Å². The Morgan fingerprint density at radius 1 is 1.30 bits per heavy atom. The van der Waals surface area contributed by atoms with Crippen molar-refractivity contribution in [1.29, 1.82) is 0 Å². The van der Waals surface area contributed by atoms with Gasteiger partial charge in [-0.2, -0.15) is 5.10 Å². The lowest BCUT2D eigenvalue weighted by Crippen LogP contribution is -2.32. The van der Waals surface area contributed by atoms with Crippen molar-refractivity contribution in [3.05, 3.63) is 18.0 Å². The maximum Gasteiger partial charge on any atom is 0.274 e. The average Bonchev–Trinajstić information content (AvgIpc) is 3.11. The van der Waals surface area contributed by atoms with Crippen LogP contribution in [-0.4, -0.2) is 47.3 Å². The monoisotopic (exact) mass is 318 g/mol. The predicted molar refractivity (Wildman–Crippen MR) is 91.5 cm³/mol. The number of nitrogens with one attached hydrogen (secondary N) is 1. The van der Waals surface area contributed by atoms with Gasteiger partial charge in [0.2, 0.25) is 0 Å². The number of amides is 1. The summed E-state index contributed by atoms with van der Waals surface area (Å²) in [5.41, 5.74) is 0.585. The molecule has 0 spiro atoms. The van der Waals surface area contributed by atoms with E-state index in [0.29, 0.717) is 11.7 Å². The number of carbonyl (C=O) groups excluding carboxylic acids is 1. The molecule has 1 N–H and O–H groups in total. The molecule has 1 aromatic rings. The van der Waals surface area contributed by atoms with Gasteiger partial charge < -0.3 is 10.2 Å². The highest BCUT2D eigenvalue weighted by molar-refractivity contribution is 5.91. The zero-order valence-corrected chi connectivity index (χ0v) is 14.3. The molecule has 1 aliphatic carbocycles. The maximum atomic E-state index is 12.5. The molecule has 0 aromatic carbocycles. The minimum absolute atomic E-state index is 0.0586. The first-order chi connectivity index (χ1) is 11.2. The summed E-state index contributed by atoms with van der Waals surface area (Å²) in [5.74, 6) is 0.869. The number of nitrogens with zero attached hydrogens (tertiary/aromatic N) is 3. The molecule has 1 saturated heterocycles. The van der Waals surface area contributed by atoms with E-state index >= 15 is 0 Å². The van der Waals surface area contributed by atoms with Crippen LogP contribution in [0.4, 0.5) is 0 Å². The Labute approximate surface area is 139 Å². The van der Waals surface area contributed by atoms with Crippen molar-refractivity contribution < 1.29 is 4.79 Å². The summed E-state index contributed by atoms with van der Waals surface area (Å²) in [4.78, 5) is 14.4. The first-order valence-electron chi connectivity index (χ1n) is 9.25. The quantitative estimate of drug-likeness (QED) is 0.908. The Kier molecular flexibility index (Phi) is 5.70. The van der Waals surface area contributed by atoms with Gasteiger partial charge in [0, 0.05) is 26.3 Å². The highest BCUT2D eigenvalue weighted by Gasteiger charge is 2.20. The Morgan fingerprint density at radius 2 is 2.13 bits per heavy atom. The minimum atomic E-state index is 0.0586. The minimum Gasteiger partial charge on any atom is -0.340 e. The Balaban J connectivity index is 1.51. The second kappa shape index (κ2) is 7.95. The van der Waals surface area contributed by atoms with Gasteiger partial charge in [0.05, 0.1) is 6.04 Å². The Bertz CT molecular complexity index is 501. The number of piperidine rings is 1. The maximum absolute atomic E-state index is 12.5. The summed E-state index contributed by atoms with van der Waals surface area (Å²) in [6, 6.07) is 2.26. The van der Waals surface area contributed by atoms with Crippen molar-refractivity contribution in [2.24, 2.45) is 5.92 Å². The standard InChI is InChI=1S/C18H30N4O/c1-21(12-9-15-6-3-2-4-7-15)18(23)17-10-13-22(20-17)16-8-5-11-19-14-16/h10,13,15-16,19H,2-9,11-12,14H2,1H3. The smallest absolute Gasteiger partial charge is 0.274 e. The van der Waals surface area contributed by atoms with Crippen LogP contribution in [0.3, 0.4) is 0 Å². The first kappa shape index (κ1) is 16.5. The molecule has 0 radical (unpaired) electrons. The third kappa shape index (κ3) is 4.34. The van der Waals surface area contributed by atoms with Crippen LogP contribution in [0, 0.1) is 5.92 Å². The summed E-state index contributed by atoms with van der Waals surface area (Å²) in [6.45, 7) is 2.89. The van der Waals surface area contributed by atoms with Gasteiger partial charge in [-0.1, -0.05) is 32.1 Å². The zero-order valence-electron chi connectivity index (χ0n) is 14.3.